The third-order valence-electron chi connectivity index (χ3n) is 4.34. The summed E-state index contributed by atoms with van der Waals surface area (Å²) in [6, 6.07) is 7.34. The Morgan fingerprint density at radius 2 is 2.14 bits per heavy atom. The summed E-state index contributed by atoms with van der Waals surface area (Å²) in [5.41, 5.74) is 5.69. The van der Waals surface area contributed by atoms with Gasteiger partial charge in [0.25, 0.3) is 0 Å². The number of aryl methyl sites for hydroxylation is 3. The molecule has 0 saturated carbocycles. The number of rotatable bonds is 6. The quantitative estimate of drug-likeness (QED) is 0.887. The first-order valence-corrected chi connectivity index (χ1v) is 8.68. The van der Waals surface area contributed by atoms with E-state index >= 15 is 0 Å². The fraction of sp³-hybridized carbons (Fsp3) is 0.529. The molecule has 0 saturated heterocycles. The molecular formula is C17H23N3S. The Balaban J connectivity index is 1.79. The van der Waals surface area contributed by atoms with Gasteiger partial charge < -0.3 is 5.32 Å². The van der Waals surface area contributed by atoms with Gasteiger partial charge in [0.05, 0.1) is 10.6 Å². The van der Waals surface area contributed by atoms with Crippen LogP contribution < -0.4 is 5.32 Å². The summed E-state index contributed by atoms with van der Waals surface area (Å²) in [7, 11) is 2.04. The van der Waals surface area contributed by atoms with Crippen LogP contribution in [0.2, 0.25) is 0 Å². The van der Waals surface area contributed by atoms with Crippen molar-refractivity contribution in [3.05, 3.63) is 45.5 Å². The van der Waals surface area contributed by atoms with E-state index in [0.717, 1.165) is 19.3 Å². The third-order valence-corrected chi connectivity index (χ3v) is 5.22. The highest BCUT2D eigenvalue weighted by atomic mass is 32.1. The number of fused-ring (bicyclic) bond motifs is 1. The molecule has 4 heteroatoms. The molecule has 0 amide bonds. The van der Waals surface area contributed by atoms with Crippen molar-refractivity contribution in [1.82, 2.24) is 14.9 Å². The average Bonchev–Trinajstić information content (AvgIpc) is 3.13. The Hall–Kier alpha value is -1.26. The van der Waals surface area contributed by atoms with E-state index in [1.165, 1.54) is 35.4 Å². The van der Waals surface area contributed by atoms with Gasteiger partial charge in [-0.25, -0.2) is 0 Å². The summed E-state index contributed by atoms with van der Waals surface area (Å²) in [5.74, 6) is 0. The predicted molar refractivity (Wildman–Crippen MR) is 87.9 cm³/mol. The lowest BCUT2D eigenvalue weighted by atomic mass is 9.99. The predicted octanol–water partition coefficient (Wildman–Crippen LogP) is 3.48. The zero-order valence-corrected chi connectivity index (χ0v) is 13.7. The molecule has 3 nitrogen and oxygen atoms in total. The van der Waals surface area contributed by atoms with Crippen molar-refractivity contribution < 1.29 is 0 Å². The molecule has 3 rings (SSSR count). The molecule has 1 heterocycles. The van der Waals surface area contributed by atoms with Crippen LogP contribution in [0.5, 0.6) is 0 Å². The number of benzene rings is 1. The zero-order valence-electron chi connectivity index (χ0n) is 12.9. The Bertz CT molecular complexity index is 606. The van der Waals surface area contributed by atoms with Crippen molar-refractivity contribution in [2.24, 2.45) is 0 Å². The standard InChI is InChI=1S/C17H23N3S/c1-3-5-15-17(21-20-19-15)16(18-2)11-12-8-9-13-6-4-7-14(13)10-12/h8-10,16,18H,3-7,11H2,1-2H3. The van der Waals surface area contributed by atoms with Gasteiger partial charge in [-0.1, -0.05) is 36.0 Å². The molecule has 0 bridgehead atoms. The van der Waals surface area contributed by atoms with E-state index in [-0.39, 0.29) is 0 Å². The van der Waals surface area contributed by atoms with Crippen molar-refractivity contribution in [2.75, 3.05) is 7.05 Å². The maximum absolute atomic E-state index is 4.30. The molecule has 2 aromatic rings. The smallest absolute Gasteiger partial charge is 0.0803 e. The maximum Gasteiger partial charge on any atom is 0.0803 e. The van der Waals surface area contributed by atoms with E-state index in [1.54, 1.807) is 22.7 Å². The van der Waals surface area contributed by atoms with Crippen LogP contribution in [0, 0.1) is 0 Å². The van der Waals surface area contributed by atoms with Crippen LogP contribution in [0.3, 0.4) is 0 Å². The van der Waals surface area contributed by atoms with Crippen LogP contribution in [0.15, 0.2) is 18.2 Å². The second-order valence-corrected chi connectivity index (χ2v) is 6.62. The molecule has 0 fully saturated rings. The Labute approximate surface area is 131 Å². The highest BCUT2D eigenvalue weighted by molar-refractivity contribution is 7.05. The van der Waals surface area contributed by atoms with Crippen LogP contribution in [-0.4, -0.2) is 16.6 Å². The van der Waals surface area contributed by atoms with Gasteiger partial charge in [-0.3, -0.25) is 0 Å². The number of aromatic nitrogens is 2. The highest BCUT2D eigenvalue weighted by Gasteiger charge is 2.19. The molecule has 112 valence electrons. The number of nitrogens with zero attached hydrogens (tertiary/aromatic N) is 2. The number of hydrogen-bond acceptors (Lipinski definition) is 4. The SMILES string of the molecule is CCCc1nnsc1C(Cc1ccc2c(c1)CCC2)NC. The van der Waals surface area contributed by atoms with E-state index in [1.807, 2.05) is 7.05 Å². The van der Waals surface area contributed by atoms with Crippen LogP contribution in [-0.2, 0) is 25.7 Å². The van der Waals surface area contributed by atoms with Crippen LogP contribution in [0.1, 0.15) is 53.1 Å². The number of nitrogens with one attached hydrogen (secondary N) is 1. The van der Waals surface area contributed by atoms with Gasteiger partial charge in [-0.15, -0.1) is 5.10 Å². The summed E-state index contributed by atoms with van der Waals surface area (Å²) in [5, 5.41) is 7.75. The molecule has 0 spiro atoms. The maximum atomic E-state index is 4.30. The topological polar surface area (TPSA) is 37.8 Å². The minimum atomic E-state index is 0.325. The normalized spacial score (nSPS) is 15.1. The van der Waals surface area contributed by atoms with E-state index < -0.39 is 0 Å². The van der Waals surface area contributed by atoms with Gasteiger partial charge in [0, 0.05) is 6.04 Å². The summed E-state index contributed by atoms with van der Waals surface area (Å²) in [6.45, 7) is 2.19. The van der Waals surface area contributed by atoms with E-state index in [4.69, 9.17) is 0 Å². The Morgan fingerprint density at radius 1 is 1.29 bits per heavy atom. The Kier molecular flexibility index (Phi) is 4.66. The van der Waals surface area contributed by atoms with E-state index in [0.29, 0.717) is 6.04 Å². The van der Waals surface area contributed by atoms with Crippen molar-refractivity contribution in [2.45, 2.75) is 51.5 Å². The number of likely N-dealkylation sites (N-methyl/N-ethyl adjacent to an activating group) is 1. The molecule has 1 aromatic carbocycles. The minimum Gasteiger partial charge on any atom is -0.312 e. The second kappa shape index (κ2) is 6.67. The number of hydrogen-bond donors (Lipinski definition) is 1. The summed E-state index contributed by atoms with van der Waals surface area (Å²) in [6.07, 6.45) is 6.97. The van der Waals surface area contributed by atoms with Gasteiger partial charge in [-0.2, -0.15) is 0 Å². The van der Waals surface area contributed by atoms with Crippen LogP contribution >= 0.6 is 11.5 Å². The van der Waals surface area contributed by atoms with Crippen molar-refractivity contribution in [1.29, 1.82) is 0 Å². The van der Waals surface area contributed by atoms with Crippen molar-refractivity contribution >= 4 is 11.5 Å². The van der Waals surface area contributed by atoms with Crippen LogP contribution in [0.25, 0.3) is 0 Å². The zero-order chi connectivity index (χ0) is 14.7. The summed E-state index contributed by atoms with van der Waals surface area (Å²) >= 11 is 1.54. The molecule has 21 heavy (non-hydrogen) atoms. The van der Waals surface area contributed by atoms with Gasteiger partial charge in [0.15, 0.2) is 0 Å². The lowest BCUT2D eigenvalue weighted by Crippen LogP contribution is -2.19. The molecule has 1 aliphatic rings. The van der Waals surface area contributed by atoms with E-state index in [9.17, 15) is 0 Å². The van der Waals surface area contributed by atoms with Gasteiger partial charge in [-0.05, 0) is 67.4 Å². The minimum absolute atomic E-state index is 0.325. The first-order valence-electron chi connectivity index (χ1n) is 7.91. The molecule has 0 aliphatic heterocycles. The monoisotopic (exact) mass is 301 g/mol. The van der Waals surface area contributed by atoms with Crippen molar-refractivity contribution in [3.63, 3.8) is 0 Å². The fourth-order valence-electron chi connectivity index (χ4n) is 3.20. The van der Waals surface area contributed by atoms with Crippen molar-refractivity contribution in [3.8, 4) is 0 Å². The second-order valence-electron chi connectivity index (χ2n) is 5.84. The molecule has 1 aromatic heterocycles. The molecule has 0 radical (unpaired) electrons. The Morgan fingerprint density at radius 3 is 2.95 bits per heavy atom. The lowest BCUT2D eigenvalue weighted by Gasteiger charge is -2.16. The van der Waals surface area contributed by atoms with Gasteiger partial charge in [0.1, 0.15) is 0 Å². The first-order chi connectivity index (χ1) is 10.3. The van der Waals surface area contributed by atoms with Gasteiger partial charge in [0.2, 0.25) is 0 Å². The molecule has 1 aliphatic carbocycles. The van der Waals surface area contributed by atoms with Gasteiger partial charge >= 0.3 is 0 Å². The molecule has 1 unspecified atom stereocenters. The summed E-state index contributed by atoms with van der Waals surface area (Å²) in [4.78, 5) is 1.31. The first kappa shape index (κ1) is 14.7. The summed E-state index contributed by atoms with van der Waals surface area (Å²) < 4.78 is 4.16. The third kappa shape index (κ3) is 3.16. The molecule has 1 atom stereocenters. The molecule has 1 N–H and O–H groups in total. The molecular weight excluding hydrogens is 278 g/mol. The van der Waals surface area contributed by atoms with Crippen LogP contribution in [0.4, 0.5) is 0 Å². The average molecular weight is 301 g/mol. The fourth-order valence-corrected chi connectivity index (χ4v) is 4.01. The highest BCUT2D eigenvalue weighted by Crippen LogP contribution is 2.28. The largest absolute Gasteiger partial charge is 0.312 e. The van der Waals surface area contributed by atoms with E-state index in [2.05, 4.69) is 40.0 Å². The lowest BCUT2D eigenvalue weighted by molar-refractivity contribution is 0.593.